The Morgan fingerprint density at radius 3 is 2.67 bits per heavy atom. The van der Waals surface area contributed by atoms with Crippen LogP contribution in [0.15, 0.2) is 0 Å². The standard InChI is InChI=1S/C11H21NO5S/c1-2-17-11(14)8-18(15,16)12-10-6-4-3-5-9(10)7-13/h9-10,12-13H,2-8H2,1H3. The number of hydrogen-bond acceptors (Lipinski definition) is 5. The fourth-order valence-electron chi connectivity index (χ4n) is 2.21. The third-order valence-corrected chi connectivity index (χ3v) is 4.37. The van der Waals surface area contributed by atoms with Crippen LogP contribution in [0.1, 0.15) is 32.6 Å². The maximum Gasteiger partial charge on any atom is 0.322 e. The molecule has 1 saturated carbocycles. The van der Waals surface area contributed by atoms with Crippen molar-refractivity contribution < 1.29 is 23.1 Å². The van der Waals surface area contributed by atoms with Crippen molar-refractivity contribution in [1.29, 1.82) is 0 Å². The molecular weight excluding hydrogens is 258 g/mol. The highest BCUT2D eigenvalue weighted by Gasteiger charge is 2.29. The number of ether oxygens (including phenoxy) is 1. The first kappa shape index (κ1) is 15.4. The molecule has 0 bridgehead atoms. The van der Waals surface area contributed by atoms with Gasteiger partial charge in [-0.25, -0.2) is 13.1 Å². The smallest absolute Gasteiger partial charge is 0.322 e. The van der Waals surface area contributed by atoms with E-state index < -0.39 is 21.7 Å². The lowest BCUT2D eigenvalue weighted by atomic mass is 9.86. The zero-order valence-corrected chi connectivity index (χ0v) is 11.4. The van der Waals surface area contributed by atoms with Crippen LogP contribution < -0.4 is 4.72 Å². The molecule has 2 N–H and O–H groups in total. The Balaban J connectivity index is 2.55. The summed E-state index contributed by atoms with van der Waals surface area (Å²) in [4.78, 5) is 11.2. The van der Waals surface area contributed by atoms with Crippen LogP contribution in [0.3, 0.4) is 0 Å². The molecule has 0 radical (unpaired) electrons. The van der Waals surface area contributed by atoms with Crippen molar-refractivity contribution in [2.75, 3.05) is 19.0 Å². The maximum atomic E-state index is 11.8. The van der Waals surface area contributed by atoms with Gasteiger partial charge < -0.3 is 9.84 Å². The minimum atomic E-state index is -3.68. The molecule has 0 heterocycles. The van der Waals surface area contributed by atoms with Crippen LogP contribution in [0.2, 0.25) is 0 Å². The number of esters is 1. The van der Waals surface area contributed by atoms with Crippen LogP contribution in [-0.4, -0.2) is 44.5 Å². The van der Waals surface area contributed by atoms with Crippen molar-refractivity contribution in [3.63, 3.8) is 0 Å². The summed E-state index contributed by atoms with van der Waals surface area (Å²) < 4.78 is 30.6. The Kier molecular flexibility index (Phi) is 6.04. The summed E-state index contributed by atoms with van der Waals surface area (Å²) in [5.74, 6) is -1.47. The van der Waals surface area contributed by atoms with Gasteiger partial charge in [0.1, 0.15) is 0 Å². The van der Waals surface area contributed by atoms with Gasteiger partial charge in [-0.15, -0.1) is 0 Å². The highest BCUT2D eigenvalue weighted by Crippen LogP contribution is 2.24. The lowest BCUT2D eigenvalue weighted by molar-refractivity contribution is -0.139. The summed E-state index contributed by atoms with van der Waals surface area (Å²) in [6.07, 6.45) is 3.45. The minimum Gasteiger partial charge on any atom is -0.465 e. The minimum absolute atomic E-state index is 0.0351. The van der Waals surface area contributed by atoms with Gasteiger partial charge in [0, 0.05) is 12.6 Å². The molecule has 1 aliphatic rings. The number of hydrogen-bond donors (Lipinski definition) is 2. The van der Waals surface area contributed by atoms with E-state index >= 15 is 0 Å². The molecule has 2 atom stereocenters. The Morgan fingerprint density at radius 2 is 2.06 bits per heavy atom. The Labute approximate surface area is 108 Å². The monoisotopic (exact) mass is 279 g/mol. The van der Waals surface area contributed by atoms with Crippen LogP contribution >= 0.6 is 0 Å². The van der Waals surface area contributed by atoms with Gasteiger partial charge in [-0.3, -0.25) is 4.79 Å². The van der Waals surface area contributed by atoms with Crippen molar-refractivity contribution in [3.05, 3.63) is 0 Å². The number of aliphatic hydroxyl groups is 1. The molecular formula is C11H21NO5S. The first-order valence-corrected chi connectivity index (χ1v) is 7.90. The quantitative estimate of drug-likeness (QED) is 0.669. The Morgan fingerprint density at radius 1 is 1.39 bits per heavy atom. The van der Waals surface area contributed by atoms with Gasteiger partial charge in [0.05, 0.1) is 6.61 Å². The van der Waals surface area contributed by atoms with Gasteiger partial charge in [-0.05, 0) is 25.7 Å². The summed E-state index contributed by atoms with van der Waals surface area (Å²) >= 11 is 0. The molecule has 18 heavy (non-hydrogen) atoms. The fraction of sp³-hybridized carbons (Fsp3) is 0.909. The van der Waals surface area contributed by atoms with E-state index in [4.69, 9.17) is 0 Å². The molecule has 0 saturated heterocycles. The van der Waals surface area contributed by atoms with Gasteiger partial charge in [0.15, 0.2) is 5.75 Å². The fourth-order valence-corrected chi connectivity index (χ4v) is 3.46. The molecule has 0 aromatic carbocycles. The molecule has 1 aliphatic carbocycles. The highest BCUT2D eigenvalue weighted by atomic mass is 32.2. The third-order valence-electron chi connectivity index (χ3n) is 3.09. The van der Waals surface area contributed by atoms with Crippen molar-refractivity contribution in [3.8, 4) is 0 Å². The van der Waals surface area contributed by atoms with Gasteiger partial charge in [0.2, 0.25) is 10.0 Å². The highest BCUT2D eigenvalue weighted by molar-refractivity contribution is 7.90. The second-order valence-electron chi connectivity index (χ2n) is 4.52. The van der Waals surface area contributed by atoms with Crippen LogP contribution in [0, 0.1) is 5.92 Å². The normalized spacial score (nSPS) is 24.8. The third kappa shape index (κ3) is 4.91. The predicted molar refractivity (Wildman–Crippen MR) is 66.4 cm³/mol. The zero-order valence-electron chi connectivity index (χ0n) is 10.6. The van der Waals surface area contributed by atoms with E-state index in [1.807, 2.05) is 0 Å². The number of rotatable bonds is 6. The molecule has 6 nitrogen and oxygen atoms in total. The van der Waals surface area contributed by atoms with Crippen molar-refractivity contribution >= 4 is 16.0 Å². The van der Waals surface area contributed by atoms with Crippen molar-refractivity contribution in [2.24, 2.45) is 5.92 Å². The molecule has 0 aliphatic heterocycles. The number of carbonyl (C=O) groups is 1. The first-order chi connectivity index (χ1) is 8.48. The SMILES string of the molecule is CCOC(=O)CS(=O)(=O)NC1CCCCC1CO. The summed E-state index contributed by atoms with van der Waals surface area (Å²) in [7, 11) is -3.68. The Bertz CT molecular complexity index is 368. The molecule has 7 heteroatoms. The average molecular weight is 279 g/mol. The van der Waals surface area contributed by atoms with Crippen LogP contribution in [-0.2, 0) is 19.6 Å². The number of aliphatic hydroxyl groups excluding tert-OH is 1. The summed E-state index contributed by atoms with van der Waals surface area (Å²) in [5.41, 5.74) is 0. The summed E-state index contributed by atoms with van der Waals surface area (Å²) in [5, 5.41) is 9.20. The van der Waals surface area contributed by atoms with Crippen LogP contribution in [0.4, 0.5) is 0 Å². The summed E-state index contributed by atoms with van der Waals surface area (Å²) in [6.45, 7) is 1.75. The van der Waals surface area contributed by atoms with Crippen LogP contribution in [0.25, 0.3) is 0 Å². The lowest BCUT2D eigenvalue weighted by Crippen LogP contribution is -2.45. The predicted octanol–water partition coefficient (Wildman–Crippen LogP) is 0.0200. The van der Waals surface area contributed by atoms with Crippen molar-refractivity contribution in [2.45, 2.75) is 38.6 Å². The van der Waals surface area contributed by atoms with Crippen molar-refractivity contribution in [1.82, 2.24) is 4.72 Å². The number of nitrogens with one attached hydrogen (secondary N) is 1. The number of carbonyl (C=O) groups excluding carboxylic acids is 1. The van der Waals surface area contributed by atoms with E-state index in [-0.39, 0.29) is 25.2 Å². The van der Waals surface area contributed by atoms with E-state index in [0.29, 0.717) is 6.42 Å². The zero-order chi connectivity index (χ0) is 13.6. The molecule has 1 fully saturated rings. The second kappa shape index (κ2) is 7.06. The largest absolute Gasteiger partial charge is 0.465 e. The molecule has 1 rings (SSSR count). The molecule has 0 amide bonds. The Hall–Kier alpha value is -0.660. The van der Waals surface area contributed by atoms with Gasteiger partial charge >= 0.3 is 5.97 Å². The molecule has 106 valence electrons. The van der Waals surface area contributed by atoms with Gasteiger partial charge in [0.25, 0.3) is 0 Å². The average Bonchev–Trinajstić information content (AvgIpc) is 2.28. The molecule has 2 unspecified atom stereocenters. The van der Waals surface area contributed by atoms with E-state index in [0.717, 1.165) is 19.3 Å². The topological polar surface area (TPSA) is 92.7 Å². The van der Waals surface area contributed by atoms with Gasteiger partial charge in [-0.2, -0.15) is 0 Å². The second-order valence-corrected chi connectivity index (χ2v) is 6.27. The van der Waals surface area contributed by atoms with E-state index in [1.165, 1.54) is 0 Å². The lowest BCUT2D eigenvalue weighted by Gasteiger charge is -2.30. The van der Waals surface area contributed by atoms with Crippen LogP contribution in [0.5, 0.6) is 0 Å². The number of sulfonamides is 1. The molecule has 0 spiro atoms. The molecule has 0 aromatic heterocycles. The molecule has 0 aromatic rings. The van der Waals surface area contributed by atoms with E-state index in [2.05, 4.69) is 9.46 Å². The van der Waals surface area contributed by atoms with E-state index in [1.54, 1.807) is 6.92 Å². The van der Waals surface area contributed by atoms with Gasteiger partial charge in [-0.1, -0.05) is 12.8 Å². The van der Waals surface area contributed by atoms with E-state index in [9.17, 15) is 18.3 Å². The maximum absolute atomic E-state index is 11.8. The summed E-state index contributed by atoms with van der Waals surface area (Å²) in [6, 6.07) is -0.275. The first-order valence-electron chi connectivity index (χ1n) is 6.25.